The van der Waals surface area contributed by atoms with Crippen LogP contribution in [0.15, 0.2) is 36.4 Å². The topological polar surface area (TPSA) is 123 Å². The summed E-state index contributed by atoms with van der Waals surface area (Å²) in [7, 11) is 0. The second-order valence-corrected chi connectivity index (χ2v) is 12.5. The van der Waals surface area contributed by atoms with E-state index in [0.717, 1.165) is 11.3 Å². The Balaban J connectivity index is 1.38. The van der Waals surface area contributed by atoms with E-state index in [2.05, 4.69) is 10.6 Å². The summed E-state index contributed by atoms with van der Waals surface area (Å²) in [5, 5.41) is 27.8. The summed E-state index contributed by atoms with van der Waals surface area (Å²) in [5.74, 6) is -7.35. The largest absolute Gasteiger partial charge is 0.372 e. The molecule has 3 aliphatic heterocycles. The first-order valence-electron chi connectivity index (χ1n) is 14.0. The van der Waals surface area contributed by atoms with Crippen molar-refractivity contribution < 1.29 is 28.3 Å². The number of alkyl halides is 2. The minimum Gasteiger partial charge on any atom is -0.372 e. The normalized spacial score (nSPS) is 27.3. The van der Waals surface area contributed by atoms with Gasteiger partial charge in [0.05, 0.1) is 12.0 Å². The second-order valence-electron chi connectivity index (χ2n) is 11.6. The monoisotopic (exact) mass is 616 g/mol. The maximum Gasteiger partial charge on any atom is 0.264 e. The lowest BCUT2D eigenvalue weighted by molar-refractivity contribution is -0.201. The summed E-state index contributed by atoms with van der Waals surface area (Å²) in [6, 6.07) is 7.61. The van der Waals surface area contributed by atoms with E-state index in [4.69, 9.17) is 23.2 Å². The molecule has 0 radical (unpaired) electrons. The molecule has 5 aliphatic rings. The molecule has 2 aliphatic carbocycles. The lowest BCUT2D eigenvalue weighted by atomic mass is 9.70. The van der Waals surface area contributed by atoms with Crippen LogP contribution in [0.2, 0.25) is 10.0 Å². The molecule has 4 fully saturated rings. The van der Waals surface area contributed by atoms with Crippen molar-refractivity contribution >= 4 is 40.9 Å². The fourth-order valence-electron chi connectivity index (χ4n) is 7.21. The zero-order valence-electron chi connectivity index (χ0n) is 22.4. The first-order chi connectivity index (χ1) is 20.0. The van der Waals surface area contributed by atoms with Crippen LogP contribution in [0.4, 0.5) is 8.78 Å². The number of halogens is 4. The predicted octanol–water partition coefficient (Wildman–Crippen LogP) is 4.15. The lowest BCUT2D eigenvalue weighted by Crippen LogP contribution is -2.70. The third-order valence-corrected chi connectivity index (χ3v) is 9.64. The number of rotatable bonds is 5. The predicted molar refractivity (Wildman–Crippen MR) is 150 cm³/mol. The Hall–Kier alpha value is -3.26. The molecule has 8 nitrogen and oxygen atoms in total. The average Bonchev–Trinajstić information content (AvgIpc) is 3.20. The van der Waals surface area contributed by atoms with Crippen molar-refractivity contribution in [2.24, 2.45) is 11.8 Å². The van der Waals surface area contributed by atoms with Crippen LogP contribution in [0.1, 0.15) is 49.7 Å². The Kier molecular flexibility index (Phi) is 7.19. The van der Waals surface area contributed by atoms with Crippen LogP contribution in [0.3, 0.4) is 0 Å². The van der Waals surface area contributed by atoms with Crippen molar-refractivity contribution in [3.63, 3.8) is 0 Å². The van der Waals surface area contributed by atoms with Crippen LogP contribution >= 0.6 is 23.2 Å². The Morgan fingerprint density at radius 1 is 1.12 bits per heavy atom. The summed E-state index contributed by atoms with van der Waals surface area (Å²) in [4.78, 5) is 41.7. The molecule has 220 valence electrons. The van der Waals surface area contributed by atoms with Crippen LogP contribution in [0, 0.1) is 23.2 Å². The fraction of sp³-hybridized carbons (Fsp3) is 0.467. The van der Waals surface area contributed by atoms with Gasteiger partial charge in [0.25, 0.3) is 11.8 Å². The van der Waals surface area contributed by atoms with Gasteiger partial charge in [-0.05, 0) is 67.5 Å². The molecule has 12 heteroatoms. The fourth-order valence-corrected chi connectivity index (χ4v) is 7.55. The van der Waals surface area contributed by atoms with E-state index < -0.39 is 59.7 Å². The molecule has 3 heterocycles. The van der Waals surface area contributed by atoms with Crippen LogP contribution in [-0.2, 0) is 20.0 Å². The summed E-state index contributed by atoms with van der Waals surface area (Å²) in [5.41, 5.74) is -0.942. The van der Waals surface area contributed by atoms with Crippen LogP contribution in [-0.4, -0.2) is 58.3 Å². The molecule has 0 spiro atoms. The SMILES string of the molecule is N#C[C@H](C[C@H]1CCCNC1=O)NC(=O)[C@H]1[C@H]2CC[C@H](CC2(F)F)N1C(=O)C1(O)c2cc(Cl)ccc2-c2ccc(Cl)cc21. The number of hydrogen-bond donors (Lipinski definition) is 3. The molecular weight excluding hydrogens is 589 g/mol. The van der Waals surface area contributed by atoms with Gasteiger partial charge >= 0.3 is 0 Å². The zero-order chi connectivity index (χ0) is 30.0. The van der Waals surface area contributed by atoms with E-state index >= 15 is 8.78 Å². The number of nitrogens with zero attached hydrogens (tertiary/aromatic N) is 2. The van der Waals surface area contributed by atoms with E-state index in [1.165, 1.54) is 12.1 Å². The van der Waals surface area contributed by atoms with E-state index in [1.807, 2.05) is 6.07 Å². The number of piperidine rings is 3. The summed E-state index contributed by atoms with van der Waals surface area (Å²) >= 11 is 12.5. The zero-order valence-corrected chi connectivity index (χ0v) is 23.9. The summed E-state index contributed by atoms with van der Waals surface area (Å²) in [6.07, 6.45) is 0.831. The van der Waals surface area contributed by atoms with Gasteiger partial charge in [-0.25, -0.2) is 8.78 Å². The third-order valence-electron chi connectivity index (χ3n) is 9.17. The molecule has 3 N–H and O–H groups in total. The summed E-state index contributed by atoms with van der Waals surface area (Å²) < 4.78 is 30.6. The molecule has 3 saturated heterocycles. The number of amides is 3. The van der Waals surface area contributed by atoms with E-state index in [-0.39, 0.29) is 46.3 Å². The van der Waals surface area contributed by atoms with Crippen molar-refractivity contribution in [3.8, 4) is 17.2 Å². The van der Waals surface area contributed by atoms with Gasteiger partial charge in [-0.3, -0.25) is 14.4 Å². The highest BCUT2D eigenvalue weighted by atomic mass is 35.5. The van der Waals surface area contributed by atoms with Crippen molar-refractivity contribution in [1.29, 1.82) is 5.26 Å². The van der Waals surface area contributed by atoms with Crippen molar-refractivity contribution in [1.82, 2.24) is 15.5 Å². The van der Waals surface area contributed by atoms with Crippen LogP contribution < -0.4 is 10.6 Å². The van der Waals surface area contributed by atoms with Crippen molar-refractivity contribution in [2.75, 3.05) is 6.54 Å². The molecule has 0 aromatic heterocycles. The van der Waals surface area contributed by atoms with E-state index in [1.54, 1.807) is 24.3 Å². The van der Waals surface area contributed by atoms with Gasteiger partial charge in [0.1, 0.15) is 12.1 Å². The van der Waals surface area contributed by atoms with Crippen LogP contribution in [0.25, 0.3) is 11.1 Å². The standard InChI is InChI=1S/C30H28Cl2F2N4O4/c31-16-3-6-20-21-7-4-17(32)12-24(21)30(42,23(20)11-16)28(41)38-19-5-8-22(29(33,34)13-19)25(38)27(40)37-18(14-35)10-15-2-1-9-36-26(15)39/h3-4,6-7,11-12,15,18-19,22,25,42H,1-2,5,8-10,13H2,(H,36,39)(H,37,40)/t15-,18+,19-,22-,25-/m1/s1. The maximum atomic E-state index is 15.3. The highest BCUT2D eigenvalue weighted by molar-refractivity contribution is 6.31. The van der Waals surface area contributed by atoms with Crippen LogP contribution in [0.5, 0.6) is 0 Å². The number of aliphatic hydroxyl groups is 1. The molecule has 1 saturated carbocycles. The highest BCUT2D eigenvalue weighted by Crippen LogP contribution is 2.54. The number of carbonyl (C=O) groups is 3. The number of fused-ring (bicyclic) bond motifs is 6. The molecular formula is C30H28Cl2F2N4O4. The summed E-state index contributed by atoms with van der Waals surface area (Å²) in [6.45, 7) is 0.530. The lowest BCUT2D eigenvalue weighted by Gasteiger charge is -2.54. The Labute approximate surface area is 251 Å². The Bertz CT molecular complexity index is 1480. The maximum absolute atomic E-state index is 15.3. The number of nitrogens with one attached hydrogen (secondary N) is 2. The first kappa shape index (κ1) is 28.8. The molecule has 7 rings (SSSR count). The molecule has 2 bridgehead atoms. The molecule has 42 heavy (non-hydrogen) atoms. The van der Waals surface area contributed by atoms with Gasteiger partial charge in [-0.2, -0.15) is 5.26 Å². The van der Waals surface area contributed by atoms with Gasteiger partial charge in [0, 0.05) is 46.1 Å². The van der Waals surface area contributed by atoms with Gasteiger partial charge in [0.15, 0.2) is 5.60 Å². The second kappa shape index (κ2) is 10.5. The third kappa shape index (κ3) is 4.53. The van der Waals surface area contributed by atoms with Crippen molar-refractivity contribution in [2.45, 2.75) is 68.2 Å². The smallest absolute Gasteiger partial charge is 0.264 e. The first-order valence-corrected chi connectivity index (χ1v) is 14.7. The average molecular weight is 617 g/mol. The van der Waals surface area contributed by atoms with E-state index in [0.29, 0.717) is 24.1 Å². The number of carbonyl (C=O) groups excluding carboxylic acids is 3. The van der Waals surface area contributed by atoms with Gasteiger partial charge in [-0.1, -0.05) is 35.3 Å². The quantitative estimate of drug-likeness (QED) is 0.466. The van der Waals surface area contributed by atoms with Gasteiger partial charge in [-0.15, -0.1) is 0 Å². The Morgan fingerprint density at radius 2 is 1.76 bits per heavy atom. The Morgan fingerprint density at radius 3 is 2.33 bits per heavy atom. The van der Waals surface area contributed by atoms with Gasteiger partial charge in [0.2, 0.25) is 11.8 Å². The minimum absolute atomic E-state index is 0.00889. The van der Waals surface area contributed by atoms with E-state index in [9.17, 15) is 24.8 Å². The van der Waals surface area contributed by atoms with Gasteiger partial charge < -0.3 is 20.6 Å². The molecule has 2 aromatic carbocycles. The van der Waals surface area contributed by atoms with Crippen molar-refractivity contribution in [3.05, 3.63) is 57.6 Å². The number of nitriles is 1. The molecule has 3 amide bonds. The number of hydrogen-bond acceptors (Lipinski definition) is 5. The number of benzene rings is 2. The molecule has 2 aromatic rings. The minimum atomic E-state index is -3.24. The molecule has 5 atom stereocenters. The highest BCUT2D eigenvalue weighted by Gasteiger charge is 2.63. The molecule has 0 unspecified atom stereocenters.